The van der Waals surface area contributed by atoms with E-state index in [1.807, 2.05) is 0 Å². The van der Waals surface area contributed by atoms with Crippen molar-refractivity contribution < 1.29 is 53.3 Å². The molecule has 16 heteroatoms. The summed E-state index contributed by atoms with van der Waals surface area (Å²) in [5.74, 6) is -5.44. The molecule has 2 unspecified atom stereocenters. The van der Waals surface area contributed by atoms with Gasteiger partial charge in [-0.1, -0.05) is 6.92 Å². The number of aldehydes is 1. The molecular weight excluding hydrogens is 509 g/mol. The van der Waals surface area contributed by atoms with E-state index in [4.69, 9.17) is 0 Å². The number of rotatable bonds is 11. The van der Waals surface area contributed by atoms with Gasteiger partial charge < -0.3 is 9.64 Å². The average molecular weight is 527 g/mol. The molecule has 192 valence electrons. The number of aliphatic imine (C=N–C) groups is 1. The van der Waals surface area contributed by atoms with Crippen LogP contribution in [0.2, 0.25) is 0 Å². The van der Waals surface area contributed by atoms with E-state index in [1.54, 1.807) is 0 Å². The van der Waals surface area contributed by atoms with E-state index in [9.17, 15) is 48.5 Å². The van der Waals surface area contributed by atoms with Crippen molar-refractivity contribution in [1.82, 2.24) is 9.88 Å². The van der Waals surface area contributed by atoms with E-state index < -0.39 is 65.7 Å². The molecule has 0 spiro atoms. The Balaban J connectivity index is 3.30. The SMILES string of the molecule is CCS(=O)c1ccc(OCC(F)(F)F)nc1/C(=C/C=O)N=CN(C)CC(F)(F)C(F)C(F)(F)F. The van der Waals surface area contributed by atoms with Crippen LogP contribution in [0.4, 0.5) is 39.5 Å². The second-order valence-electron chi connectivity index (χ2n) is 6.55. The monoisotopic (exact) mass is 527 g/mol. The molecule has 6 nitrogen and oxygen atoms in total. The van der Waals surface area contributed by atoms with Gasteiger partial charge in [0.05, 0.1) is 34.3 Å². The number of carbonyl (C=O) groups is 1. The van der Waals surface area contributed by atoms with Crippen LogP contribution in [0.5, 0.6) is 5.88 Å². The topological polar surface area (TPSA) is 71.9 Å². The Hall–Kier alpha value is -2.65. The maximum Gasteiger partial charge on any atom is 0.425 e. The Kier molecular flexibility index (Phi) is 10.1. The molecule has 0 N–H and O–H groups in total. The van der Waals surface area contributed by atoms with Crippen LogP contribution < -0.4 is 4.74 Å². The number of carbonyl (C=O) groups excluding carboxylic acids is 1. The van der Waals surface area contributed by atoms with Crippen molar-refractivity contribution in [2.45, 2.75) is 36.3 Å². The highest BCUT2D eigenvalue weighted by Gasteiger charge is 2.57. The molecule has 0 radical (unpaired) electrons. The first kappa shape index (κ1) is 29.4. The molecule has 0 saturated carbocycles. The van der Waals surface area contributed by atoms with Gasteiger partial charge in [-0.05, 0) is 6.07 Å². The third kappa shape index (κ3) is 8.95. The highest BCUT2D eigenvalue weighted by atomic mass is 32.2. The van der Waals surface area contributed by atoms with Crippen LogP contribution in [0, 0.1) is 0 Å². The van der Waals surface area contributed by atoms with E-state index in [-0.39, 0.29) is 16.9 Å². The average Bonchev–Trinajstić information content (AvgIpc) is 2.72. The molecule has 1 aromatic rings. The zero-order chi connectivity index (χ0) is 26.3. The van der Waals surface area contributed by atoms with Crippen molar-refractivity contribution in [2.24, 2.45) is 4.99 Å². The Morgan fingerprint density at radius 1 is 1.21 bits per heavy atom. The minimum atomic E-state index is -5.82. The van der Waals surface area contributed by atoms with Crippen LogP contribution in [-0.4, -0.2) is 77.1 Å². The molecule has 0 aromatic carbocycles. The molecule has 34 heavy (non-hydrogen) atoms. The predicted molar refractivity (Wildman–Crippen MR) is 104 cm³/mol. The molecule has 0 fully saturated rings. The summed E-state index contributed by atoms with van der Waals surface area (Å²) in [4.78, 5) is 18.7. The first-order chi connectivity index (χ1) is 15.5. The number of ether oxygens (including phenoxy) is 1. The number of pyridine rings is 1. The van der Waals surface area contributed by atoms with Crippen LogP contribution in [0.1, 0.15) is 12.6 Å². The lowest BCUT2D eigenvalue weighted by Gasteiger charge is -2.26. The summed E-state index contributed by atoms with van der Waals surface area (Å²) in [5, 5.41) is 0. The summed E-state index contributed by atoms with van der Waals surface area (Å²) in [6.07, 6.45) is -13.6. The van der Waals surface area contributed by atoms with Gasteiger partial charge in [0.2, 0.25) is 5.88 Å². The summed E-state index contributed by atoms with van der Waals surface area (Å²) in [6.45, 7) is -2.00. The minimum absolute atomic E-state index is 0.0109. The summed E-state index contributed by atoms with van der Waals surface area (Å²) < 4.78 is 131. The van der Waals surface area contributed by atoms with E-state index in [0.29, 0.717) is 17.3 Å². The number of hydrogen-bond acceptors (Lipinski definition) is 5. The summed E-state index contributed by atoms with van der Waals surface area (Å²) in [6, 6.07) is 2.07. The highest BCUT2D eigenvalue weighted by molar-refractivity contribution is 7.85. The summed E-state index contributed by atoms with van der Waals surface area (Å²) >= 11 is 0. The van der Waals surface area contributed by atoms with Gasteiger partial charge in [-0.3, -0.25) is 9.00 Å². The van der Waals surface area contributed by atoms with Gasteiger partial charge in [-0.15, -0.1) is 0 Å². The van der Waals surface area contributed by atoms with Crippen molar-refractivity contribution >= 4 is 29.1 Å². The van der Waals surface area contributed by atoms with Gasteiger partial charge in [-0.25, -0.2) is 23.1 Å². The van der Waals surface area contributed by atoms with Gasteiger partial charge in [0.15, 0.2) is 6.61 Å². The fourth-order valence-corrected chi connectivity index (χ4v) is 3.19. The first-order valence-electron chi connectivity index (χ1n) is 9.09. The molecule has 1 aromatic heterocycles. The molecule has 1 rings (SSSR count). The number of nitrogens with zero attached hydrogens (tertiary/aromatic N) is 3. The van der Waals surface area contributed by atoms with Crippen molar-refractivity contribution in [3.8, 4) is 5.88 Å². The highest BCUT2D eigenvalue weighted by Crippen LogP contribution is 2.35. The van der Waals surface area contributed by atoms with Crippen molar-refractivity contribution in [1.29, 1.82) is 0 Å². The lowest BCUT2D eigenvalue weighted by Crippen LogP contribution is -2.48. The zero-order valence-corrected chi connectivity index (χ0v) is 18.3. The number of aromatic nitrogens is 1. The normalized spacial score (nSPS) is 15.3. The lowest BCUT2D eigenvalue weighted by atomic mass is 10.2. The van der Waals surface area contributed by atoms with E-state index in [2.05, 4.69) is 14.7 Å². The number of halogens is 9. The summed E-state index contributed by atoms with van der Waals surface area (Å²) in [5.41, 5.74) is -0.880. The summed E-state index contributed by atoms with van der Waals surface area (Å²) in [7, 11) is -0.947. The van der Waals surface area contributed by atoms with Crippen LogP contribution in [0.25, 0.3) is 5.70 Å². The van der Waals surface area contributed by atoms with Gasteiger partial charge in [0.25, 0.3) is 6.17 Å². The van der Waals surface area contributed by atoms with Gasteiger partial charge in [0.1, 0.15) is 12.0 Å². The first-order valence-corrected chi connectivity index (χ1v) is 10.4. The van der Waals surface area contributed by atoms with Crippen molar-refractivity contribution in [2.75, 3.05) is 26.0 Å². The van der Waals surface area contributed by atoms with Gasteiger partial charge in [-0.2, -0.15) is 26.3 Å². The van der Waals surface area contributed by atoms with Crippen LogP contribution in [0.3, 0.4) is 0 Å². The minimum Gasteiger partial charge on any atom is -0.468 e. The Labute approximate surface area is 189 Å². The molecule has 0 aliphatic heterocycles. The third-order valence-electron chi connectivity index (χ3n) is 3.70. The van der Waals surface area contributed by atoms with E-state index >= 15 is 0 Å². The quantitative estimate of drug-likeness (QED) is 0.142. The van der Waals surface area contributed by atoms with Gasteiger partial charge >= 0.3 is 18.3 Å². The standard InChI is InChI=1S/C18H18F9N3O3S/c1-3-34(32)12-4-5-13(33-9-17(22,23)24)29-14(12)11(6-7-31)28-10-30(2)8-16(20,21)15(19)18(25,26)27/h4-7,10,15H,3,8-9H2,1-2H3/b11-6-,28-10?. The Bertz CT molecular complexity index is 933. The van der Waals surface area contributed by atoms with E-state index in [1.165, 1.54) is 6.92 Å². The van der Waals surface area contributed by atoms with Crippen molar-refractivity contribution in [3.05, 3.63) is 23.9 Å². The van der Waals surface area contributed by atoms with E-state index in [0.717, 1.165) is 19.2 Å². The molecule has 2 atom stereocenters. The molecular formula is C18H18F9N3O3S. The molecule has 1 heterocycles. The van der Waals surface area contributed by atoms with Gasteiger partial charge in [0, 0.05) is 24.9 Å². The smallest absolute Gasteiger partial charge is 0.425 e. The second-order valence-corrected chi connectivity index (χ2v) is 8.26. The van der Waals surface area contributed by atoms with Crippen LogP contribution in [-0.2, 0) is 15.6 Å². The molecule has 0 amide bonds. The largest absolute Gasteiger partial charge is 0.468 e. The predicted octanol–water partition coefficient (Wildman–Crippen LogP) is 4.19. The molecule has 0 bridgehead atoms. The van der Waals surface area contributed by atoms with Crippen LogP contribution >= 0.6 is 0 Å². The maximum absolute atomic E-state index is 13.6. The Morgan fingerprint density at radius 3 is 2.32 bits per heavy atom. The lowest BCUT2D eigenvalue weighted by molar-refractivity contribution is -0.245. The van der Waals surface area contributed by atoms with Crippen LogP contribution in [0.15, 0.2) is 28.1 Å². The molecule has 0 aliphatic carbocycles. The number of alkyl halides is 9. The van der Waals surface area contributed by atoms with Crippen molar-refractivity contribution in [3.63, 3.8) is 0 Å². The number of hydrogen-bond donors (Lipinski definition) is 0. The number of allylic oxidation sites excluding steroid dienone is 1. The fourth-order valence-electron chi connectivity index (χ4n) is 2.29. The molecule has 0 saturated heterocycles. The Morgan fingerprint density at radius 2 is 1.82 bits per heavy atom. The fraction of sp³-hybridized carbons (Fsp3) is 0.500. The zero-order valence-electron chi connectivity index (χ0n) is 17.5. The molecule has 0 aliphatic rings. The third-order valence-corrected chi connectivity index (χ3v) is 5.05. The second kappa shape index (κ2) is 11.7. The maximum atomic E-state index is 13.6.